The SMILES string of the molecule is Cc1ccc(C2/C(=C(/O)c3cccc([N+](=O)[O-])c3)C(=O)C(=O)N2Cc2ccc(F)cc2)o1. The molecule has 1 saturated heterocycles. The molecule has 32 heavy (non-hydrogen) atoms. The van der Waals surface area contributed by atoms with E-state index in [0.29, 0.717) is 11.3 Å². The number of ketones is 1. The van der Waals surface area contributed by atoms with Crippen molar-refractivity contribution < 1.29 is 28.4 Å². The second-order valence-electron chi connectivity index (χ2n) is 7.31. The molecule has 1 atom stereocenters. The third-order valence-corrected chi connectivity index (χ3v) is 5.17. The van der Waals surface area contributed by atoms with Gasteiger partial charge in [-0.3, -0.25) is 19.7 Å². The largest absolute Gasteiger partial charge is 0.507 e. The summed E-state index contributed by atoms with van der Waals surface area (Å²) in [4.78, 5) is 37.5. The predicted octanol–water partition coefficient (Wildman–Crippen LogP) is 4.26. The topological polar surface area (TPSA) is 114 Å². The standard InChI is InChI=1S/C23H17FN2O6/c1-13-5-10-18(32-13)20-19(21(27)15-3-2-4-17(11-15)26(30)31)22(28)23(29)25(20)12-14-6-8-16(24)9-7-14/h2-11,20,27H,12H2,1H3/b21-19-. The van der Waals surface area contributed by atoms with Gasteiger partial charge in [0.25, 0.3) is 17.4 Å². The van der Waals surface area contributed by atoms with Gasteiger partial charge in [0.05, 0.1) is 10.5 Å². The first-order valence-electron chi connectivity index (χ1n) is 9.60. The van der Waals surface area contributed by atoms with E-state index in [1.54, 1.807) is 19.1 Å². The highest BCUT2D eigenvalue weighted by Crippen LogP contribution is 2.41. The number of non-ortho nitro benzene ring substituents is 1. The maximum atomic E-state index is 13.3. The van der Waals surface area contributed by atoms with E-state index in [2.05, 4.69) is 0 Å². The molecule has 0 radical (unpaired) electrons. The van der Waals surface area contributed by atoms with Crippen molar-refractivity contribution in [2.75, 3.05) is 0 Å². The molecule has 1 amide bonds. The van der Waals surface area contributed by atoms with Gasteiger partial charge in [0, 0.05) is 24.2 Å². The Balaban J connectivity index is 1.85. The third kappa shape index (κ3) is 3.76. The fourth-order valence-electron chi connectivity index (χ4n) is 3.65. The van der Waals surface area contributed by atoms with Crippen LogP contribution in [0, 0.1) is 22.9 Å². The number of aliphatic hydroxyl groups excluding tert-OH is 1. The number of hydrogen-bond acceptors (Lipinski definition) is 6. The quantitative estimate of drug-likeness (QED) is 0.210. The number of likely N-dealkylation sites (tertiary alicyclic amines) is 1. The van der Waals surface area contributed by atoms with Gasteiger partial charge in [-0.25, -0.2) is 4.39 Å². The van der Waals surface area contributed by atoms with Gasteiger partial charge in [-0.15, -0.1) is 0 Å². The molecular formula is C23H17FN2O6. The highest BCUT2D eigenvalue weighted by atomic mass is 19.1. The van der Waals surface area contributed by atoms with Crippen LogP contribution in [0.2, 0.25) is 0 Å². The molecule has 3 aromatic rings. The number of amides is 1. The van der Waals surface area contributed by atoms with Gasteiger partial charge in [0.2, 0.25) is 0 Å². The number of furan rings is 1. The molecule has 0 aliphatic carbocycles. The van der Waals surface area contributed by atoms with E-state index in [1.165, 1.54) is 47.4 Å². The lowest BCUT2D eigenvalue weighted by Gasteiger charge is -2.23. The van der Waals surface area contributed by atoms with Crippen LogP contribution in [-0.4, -0.2) is 26.6 Å². The molecule has 1 aliphatic heterocycles. The number of rotatable bonds is 5. The Kier molecular flexibility index (Phi) is 5.31. The number of aliphatic hydroxyl groups is 1. The van der Waals surface area contributed by atoms with Crippen molar-refractivity contribution in [2.45, 2.75) is 19.5 Å². The highest BCUT2D eigenvalue weighted by molar-refractivity contribution is 6.46. The predicted molar refractivity (Wildman–Crippen MR) is 111 cm³/mol. The Hall–Kier alpha value is -4.27. The van der Waals surface area contributed by atoms with Crippen LogP contribution in [0.15, 0.2) is 70.7 Å². The average Bonchev–Trinajstić information content (AvgIpc) is 3.31. The Morgan fingerprint density at radius 1 is 1.16 bits per heavy atom. The molecule has 162 valence electrons. The summed E-state index contributed by atoms with van der Waals surface area (Å²) in [7, 11) is 0. The Morgan fingerprint density at radius 3 is 2.50 bits per heavy atom. The van der Waals surface area contributed by atoms with E-state index in [1.807, 2.05) is 0 Å². The van der Waals surface area contributed by atoms with Crippen molar-refractivity contribution >= 4 is 23.1 Å². The molecule has 1 unspecified atom stereocenters. The van der Waals surface area contributed by atoms with Crippen LogP contribution in [-0.2, 0) is 16.1 Å². The maximum absolute atomic E-state index is 13.3. The van der Waals surface area contributed by atoms with Gasteiger partial charge in [0.15, 0.2) is 0 Å². The smallest absolute Gasteiger partial charge is 0.296 e. The summed E-state index contributed by atoms with van der Waals surface area (Å²) in [5.41, 5.74) is 0.0659. The second kappa shape index (κ2) is 8.10. The number of benzene rings is 2. The summed E-state index contributed by atoms with van der Waals surface area (Å²) in [6, 6.07) is 12.8. The Bertz CT molecular complexity index is 1260. The highest BCUT2D eigenvalue weighted by Gasteiger charge is 2.47. The van der Waals surface area contributed by atoms with E-state index in [-0.39, 0.29) is 29.1 Å². The van der Waals surface area contributed by atoms with Crippen molar-refractivity contribution in [3.63, 3.8) is 0 Å². The van der Waals surface area contributed by atoms with Crippen molar-refractivity contribution in [1.29, 1.82) is 0 Å². The van der Waals surface area contributed by atoms with Gasteiger partial charge in [-0.1, -0.05) is 24.3 Å². The average molecular weight is 436 g/mol. The van der Waals surface area contributed by atoms with Crippen LogP contribution in [0.4, 0.5) is 10.1 Å². The van der Waals surface area contributed by atoms with Gasteiger partial charge in [-0.2, -0.15) is 0 Å². The normalized spacial score (nSPS) is 17.7. The molecule has 1 fully saturated rings. The van der Waals surface area contributed by atoms with Gasteiger partial charge in [0.1, 0.15) is 29.1 Å². The third-order valence-electron chi connectivity index (χ3n) is 5.17. The van der Waals surface area contributed by atoms with E-state index >= 15 is 0 Å². The van der Waals surface area contributed by atoms with Gasteiger partial charge < -0.3 is 14.4 Å². The van der Waals surface area contributed by atoms with Crippen LogP contribution in [0.5, 0.6) is 0 Å². The minimum atomic E-state index is -1.06. The lowest BCUT2D eigenvalue weighted by molar-refractivity contribution is -0.384. The number of carbonyl (C=O) groups excluding carboxylic acids is 2. The molecule has 4 rings (SSSR count). The van der Waals surface area contributed by atoms with Crippen molar-refractivity contribution in [3.8, 4) is 0 Å². The molecule has 2 aromatic carbocycles. The first kappa shape index (κ1) is 21.0. The summed E-state index contributed by atoms with van der Waals surface area (Å²) in [5, 5.41) is 22.1. The molecule has 8 nitrogen and oxygen atoms in total. The van der Waals surface area contributed by atoms with Crippen molar-refractivity contribution in [2.24, 2.45) is 0 Å². The first-order valence-corrected chi connectivity index (χ1v) is 9.60. The molecule has 1 N–H and O–H groups in total. The van der Waals surface area contributed by atoms with Gasteiger partial charge in [-0.05, 0) is 36.8 Å². The lowest BCUT2D eigenvalue weighted by atomic mass is 9.99. The number of nitro groups is 1. The second-order valence-corrected chi connectivity index (χ2v) is 7.31. The van der Waals surface area contributed by atoms with Crippen LogP contribution in [0.3, 0.4) is 0 Å². The maximum Gasteiger partial charge on any atom is 0.296 e. The minimum absolute atomic E-state index is 0.0206. The summed E-state index contributed by atoms with van der Waals surface area (Å²) in [6.07, 6.45) is 0. The zero-order valence-electron chi connectivity index (χ0n) is 16.8. The van der Waals surface area contributed by atoms with Crippen LogP contribution in [0.25, 0.3) is 5.76 Å². The number of carbonyl (C=O) groups is 2. The Morgan fingerprint density at radius 2 is 1.88 bits per heavy atom. The summed E-state index contributed by atoms with van der Waals surface area (Å²) < 4.78 is 19.0. The molecule has 1 aromatic heterocycles. The van der Waals surface area contributed by atoms with Crippen molar-refractivity contribution in [1.82, 2.24) is 4.90 Å². The fourth-order valence-corrected chi connectivity index (χ4v) is 3.65. The van der Waals surface area contributed by atoms with Gasteiger partial charge >= 0.3 is 0 Å². The Labute approximate surface area is 181 Å². The summed E-state index contributed by atoms with van der Waals surface area (Å²) >= 11 is 0. The minimum Gasteiger partial charge on any atom is -0.507 e. The molecule has 9 heteroatoms. The lowest BCUT2D eigenvalue weighted by Crippen LogP contribution is -2.29. The van der Waals surface area contributed by atoms with E-state index < -0.39 is 34.2 Å². The van der Waals surface area contributed by atoms with Crippen molar-refractivity contribution in [3.05, 3.63) is 105 Å². The number of nitrogens with zero attached hydrogens (tertiary/aromatic N) is 2. The summed E-state index contributed by atoms with van der Waals surface area (Å²) in [5.74, 6) is -2.04. The molecule has 2 heterocycles. The zero-order chi connectivity index (χ0) is 23.0. The number of halogens is 1. The monoisotopic (exact) mass is 436 g/mol. The van der Waals surface area contributed by atoms with E-state index in [4.69, 9.17) is 4.42 Å². The molecule has 0 spiro atoms. The van der Waals surface area contributed by atoms with E-state index in [0.717, 1.165) is 6.07 Å². The number of aryl methyl sites for hydroxylation is 1. The fraction of sp³-hybridized carbons (Fsp3) is 0.130. The zero-order valence-corrected chi connectivity index (χ0v) is 16.8. The van der Waals surface area contributed by atoms with E-state index in [9.17, 15) is 29.2 Å². The van der Waals surface area contributed by atoms with Crippen LogP contribution >= 0.6 is 0 Å². The number of Topliss-reactive ketones (excluding diaryl/α,β-unsaturated/α-hetero) is 1. The number of hydrogen-bond donors (Lipinski definition) is 1. The van der Waals surface area contributed by atoms with Crippen LogP contribution < -0.4 is 0 Å². The summed E-state index contributed by atoms with van der Waals surface area (Å²) in [6.45, 7) is 1.65. The molecule has 1 aliphatic rings. The number of nitro benzene ring substituents is 1. The van der Waals surface area contributed by atoms with Crippen LogP contribution in [0.1, 0.15) is 28.7 Å². The first-order chi connectivity index (χ1) is 15.3. The molecule has 0 bridgehead atoms. The molecular weight excluding hydrogens is 419 g/mol. The molecule has 0 saturated carbocycles.